The molecule has 1 N–H and O–H groups in total. The molecule has 3 aromatic rings. The van der Waals surface area contributed by atoms with Gasteiger partial charge in [-0.1, -0.05) is 42.5 Å². The number of halogens is 3. The van der Waals surface area contributed by atoms with Crippen molar-refractivity contribution in [2.24, 2.45) is 5.34 Å². The average molecular weight is 430 g/mol. The van der Waals surface area contributed by atoms with E-state index in [1.807, 2.05) is 24.3 Å². The molecular formula is C23H21F3N2O3. The molecule has 31 heavy (non-hydrogen) atoms. The molecule has 0 aliphatic carbocycles. The highest BCUT2D eigenvalue weighted by molar-refractivity contribution is 5.73. The second-order valence-electron chi connectivity index (χ2n) is 6.82. The van der Waals surface area contributed by atoms with Gasteiger partial charge >= 0.3 is 6.36 Å². The van der Waals surface area contributed by atoms with E-state index in [0.29, 0.717) is 11.1 Å². The second-order valence-corrected chi connectivity index (χ2v) is 6.82. The van der Waals surface area contributed by atoms with Crippen LogP contribution >= 0.6 is 0 Å². The zero-order valence-corrected chi connectivity index (χ0v) is 16.6. The highest BCUT2D eigenvalue weighted by Gasteiger charge is 2.31. The summed E-state index contributed by atoms with van der Waals surface area (Å²) in [6, 6.07) is 20.7. The van der Waals surface area contributed by atoms with Crippen molar-refractivity contribution in [2.45, 2.75) is 25.6 Å². The first-order valence-electron chi connectivity index (χ1n) is 9.72. The molecule has 0 heterocycles. The summed E-state index contributed by atoms with van der Waals surface area (Å²) < 4.78 is 40.8. The van der Waals surface area contributed by atoms with Crippen LogP contribution in [-0.4, -0.2) is 12.9 Å². The number of benzene rings is 3. The fourth-order valence-corrected chi connectivity index (χ4v) is 3.15. The molecule has 3 rings (SSSR count). The number of nitrogens with one attached hydrogen (secondary N) is 1. The Kier molecular flexibility index (Phi) is 7.48. The van der Waals surface area contributed by atoms with E-state index in [-0.39, 0.29) is 11.5 Å². The topological polar surface area (TPSA) is 59.9 Å². The average Bonchev–Trinajstić information content (AvgIpc) is 2.74. The van der Waals surface area contributed by atoms with Crippen LogP contribution < -0.4 is 14.9 Å². The zero-order chi connectivity index (χ0) is 22.1. The van der Waals surface area contributed by atoms with E-state index in [4.69, 9.17) is 4.84 Å². The van der Waals surface area contributed by atoms with Gasteiger partial charge in [0.25, 0.3) is 0 Å². The number of aryl methyl sites for hydroxylation is 1. The highest BCUT2D eigenvalue weighted by atomic mass is 19.4. The Morgan fingerprint density at radius 1 is 0.903 bits per heavy atom. The second kappa shape index (κ2) is 10.5. The molecule has 0 fully saturated rings. The van der Waals surface area contributed by atoms with Crippen LogP contribution in [0.3, 0.4) is 0 Å². The first-order chi connectivity index (χ1) is 14.9. The molecule has 0 radical (unpaired) electrons. The van der Waals surface area contributed by atoms with Crippen LogP contribution in [0, 0.1) is 4.91 Å². The summed E-state index contributed by atoms with van der Waals surface area (Å²) in [6.45, 7) is 0.740. The first-order valence-corrected chi connectivity index (χ1v) is 9.72. The van der Waals surface area contributed by atoms with Crippen LogP contribution in [0.4, 0.5) is 18.9 Å². The predicted octanol–water partition coefficient (Wildman–Crippen LogP) is 6.75. The van der Waals surface area contributed by atoms with Crippen LogP contribution in [0.25, 0.3) is 11.1 Å². The van der Waals surface area contributed by atoms with Crippen molar-refractivity contribution in [1.29, 1.82) is 0 Å². The van der Waals surface area contributed by atoms with E-state index >= 15 is 0 Å². The van der Waals surface area contributed by atoms with Crippen molar-refractivity contribution in [3.05, 3.63) is 83.3 Å². The summed E-state index contributed by atoms with van der Waals surface area (Å²) in [5.41, 5.74) is 3.13. The normalized spacial score (nSPS) is 11.1. The lowest BCUT2D eigenvalue weighted by atomic mass is 10.0. The number of hydrogen-bond acceptors (Lipinski definition) is 5. The summed E-state index contributed by atoms with van der Waals surface area (Å²) in [7, 11) is 0. The third-order valence-electron chi connectivity index (χ3n) is 4.58. The number of alkyl halides is 3. The van der Waals surface area contributed by atoms with Crippen LogP contribution in [0.5, 0.6) is 11.5 Å². The van der Waals surface area contributed by atoms with Gasteiger partial charge in [-0.3, -0.25) is 0 Å². The lowest BCUT2D eigenvalue weighted by Gasteiger charge is -2.12. The molecule has 162 valence electrons. The molecule has 0 unspecified atom stereocenters. The smallest absolute Gasteiger partial charge is 0.406 e. The summed E-state index contributed by atoms with van der Waals surface area (Å²) in [4.78, 5) is 15.5. The minimum Gasteiger partial charge on any atom is -0.406 e. The first kappa shape index (κ1) is 22.1. The zero-order valence-electron chi connectivity index (χ0n) is 16.6. The maximum absolute atomic E-state index is 12.3. The fourth-order valence-electron chi connectivity index (χ4n) is 3.15. The standard InChI is InChI=1S/C23H21F3N2O3/c24-23(25,26)30-20-12-9-18(10-13-20)21-14-11-19(16-22(21)31-28-29)27-15-5-4-8-17-6-2-1-3-7-17/h1-3,6-7,9-14,16,27H,4-5,8,15H2. The van der Waals surface area contributed by atoms with Gasteiger partial charge in [0.2, 0.25) is 0 Å². The molecule has 0 amide bonds. The van der Waals surface area contributed by atoms with Crippen molar-refractivity contribution >= 4 is 5.69 Å². The molecule has 0 aliphatic rings. The van der Waals surface area contributed by atoms with Crippen LogP contribution in [-0.2, 0) is 6.42 Å². The minimum absolute atomic E-state index is 0.203. The van der Waals surface area contributed by atoms with Crippen molar-refractivity contribution in [3.8, 4) is 22.6 Å². The lowest BCUT2D eigenvalue weighted by Crippen LogP contribution is -2.16. The number of anilines is 1. The monoisotopic (exact) mass is 430 g/mol. The molecule has 0 saturated carbocycles. The van der Waals surface area contributed by atoms with Gasteiger partial charge in [0.05, 0.1) is 0 Å². The van der Waals surface area contributed by atoms with Crippen LogP contribution in [0.2, 0.25) is 0 Å². The fraction of sp³-hybridized carbons (Fsp3) is 0.217. The molecule has 0 bridgehead atoms. The van der Waals surface area contributed by atoms with Crippen molar-refractivity contribution in [3.63, 3.8) is 0 Å². The molecule has 8 heteroatoms. The van der Waals surface area contributed by atoms with Crippen molar-refractivity contribution in [1.82, 2.24) is 0 Å². The largest absolute Gasteiger partial charge is 0.573 e. The van der Waals surface area contributed by atoms with E-state index in [1.165, 1.54) is 29.8 Å². The summed E-state index contributed by atoms with van der Waals surface area (Å²) in [6.07, 6.45) is -1.77. The SMILES string of the molecule is O=NOc1cc(NCCCCc2ccccc2)ccc1-c1ccc(OC(F)(F)F)cc1. The van der Waals surface area contributed by atoms with E-state index in [1.54, 1.807) is 12.1 Å². The third-order valence-corrected chi connectivity index (χ3v) is 4.58. The molecule has 0 aliphatic heterocycles. The Hall–Kier alpha value is -3.55. The summed E-state index contributed by atoms with van der Waals surface area (Å²) in [5.74, 6) is -0.130. The van der Waals surface area contributed by atoms with E-state index < -0.39 is 6.36 Å². The summed E-state index contributed by atoms with van der Waals surface area (Å²) in [5, 5.41) is 5.77. The Balaban J connectivity index is 1.60. The number of hydrogen-bond donors (Lipinski definition) is 1. The molecule has 0 spiro atoms. The van der Waals surface area contributed by atoms with E-state index in [0.717, 1.165) is 31.5 Å². The van der Waals surface area contributed by atoms with Gasteiger partial charge in [0, 0.05) is 23.9 Å². The maximum atomic E-state index is 12.3. The van der Waals surface area contributed by atoms with Crippen LogP contribution in [0.1, 0.15) is 18.4 Å². The maximum Gasteiger partial charge on any atom is 0.573 e. The van der Waals surface area contributed by atoms with Crippen LogP contribution in [0.15, 0.2) is 78.1 Å². The molecule has 0 atom stereocenters. The number of nitrogens with zero attached hydrogens (tertiary/aromatic N) is 1. The minimum atomic E-state index is -4.76. The molecule has 0 aromatic heterocycles. The summed E-state index contributed by atoms with van der Waals surface area (Å²) >= 11 is 0. The Labute approximate surface area is 177 Å². The lowest BCUT2D eigenvalue weighted by molar-refractivity contribution is -0.274. The van der Waals surface area contributed by atoms with Crippen molar-refractivity contribution in [2.75, 3.05) is 11.9 Å². The molecule has 3 aromatic carbocycles. The predicted molar refractivity (Wildman–Crippen MR) is 113 cm³/mol. The molecule has 0 saturated heterocycles. The Morgan fingerprint density at radius 3 is 2.32 bits per heavy atom. The van der Waals surface area contributed by atoms with Gasteiger partial charge in [-0.25, -0.2) is 0 Å². The number of rotatable bonds is 10. The quantitative estimate of drug-likeness (QED) is 0.220. The van der Waals surface area contributed by atoms with Gasteiger partial charge in [-0.15, -0.1) is 18.1 Å². The Morgan fingerprint density at radius 2 is 1.65 bits per heavy atom. The van der Waals surface area contributed by atoms with Gasteiger partial charge in [0.15, 0.2) is 11.1 Å². The molecular weight excluding hydrogens is 409 g/mol. The molecule has 5 nitrogen and oxygen atoms in total. The number of unbranched alkanes of at least 4 members (excludes halogenated alkanes) is 1. The van der Waals surface area contributed by atoms with E-state index in [9.17, 15) is 18.1 Å². The highest BCUT2D eigenvalue weighted by Crippen LogP contribution is 2.34. The van der Waals surface area contributed by atoms with Gasteiger partial charge in [-0.05, 0) is 54.7 Å². The number of ether oxygens (including phenoxy) is 1. The van der Waals surface area contributed by atoms with Gasteiger partial charge in [-0.2, -0.15) is 0 Å². The van der Waals surface area contributed by atoms with Gasteiger partial charge < -0.3 is 14.9 Å². The van der Waals surface area contributed by atoms with E-state index in [2.05, 4.69) is 27.5 Å². The van der Waals surface area contributed by atoms with Crippen molar-refractivity contribution < 1.29 is 22.7 Å². The third kappa shape index (κ3) is 7.02. The Bertz CT molecular complexity index is 978. The van der Waals surface area contributed by atoms with Gasteiger partial charge in [0.1, 0.15) is 5.75 Å².